The highest BCUT2D eigenvalue weighted by atomic mass is 79.9. The van der Waals surface area contributed by atoms with Crippen molar-refractivity contribution in [1.29, 1.82) is 0 Å². The Bertz CT molecular complexity index is 1370. The quantitative estimate of drug-likeness (QED) is 0.559. The Kier molecular flexibility index (Phi) is 5.93. The SMILES string of the molecule is CCOC(=O)C1=C(C)N=c2s/c(=C\c3ccccc3O)c(=O)n2[C@H]1c1ccc(Br)cc1. The number of ether oxygens (including phenoxy) is 1. The van der Waals surface area contributed by atoms with Gasteiger partial charge in [-0.2, -0.15) is 0 Å². The number of carbonyl (C=O) groups excluding carboxylic acids is 1. The molecular weight excluding hydrogens is 480 g/mol. The zero-order valence-corrected chi connectivity index (χ0v) is 19.2. The lowest BCUT2D eigenvalue weighted by Gasteiger charge is -2.24. The molecule has 1 aliphatic rings. The normalized spacial score (nSPS) is 16.1. The van der Waals surface area contributed by atoms with E-state index in [0.717, 1.165) is 10.0 Å². The number of rotatable bonds is 4. The van der Waals surface area contributed by atoms with Gasteiger partial charge in [-0.1, -0.05) is 57.6 Å². The van der Waals surface area contributed by atoms with Crippen LogP contribution in [0.4, 0.5) is 0 Å². The topological polar surface area (TPSA) is 80.9 Å². The molecule has 0 aliphatic carbocycles. The second kappa shape index (κ2) is 8.64. The maximum atomic E-state index is 13.4. The number of hydrogen-bond acceptors (Lipinski definition) is 6. The molecule has 0 saturated carbocycles. The minimum absolute atomic E-state index is 0.0844. The summed E-state index contributed by atoms with van der Waals surface area (Å²) >= 11 is 4.65. The summed E-state index contributed by atoms with van der Waals surface area (Å²) in [7, 11) is 0. The van der Waals surface area contributed by atoms with Crippen LogP contribution in [0.15, 0.2) is 74.1 Å². The third-order valence-corrected chi connectivity index (χ3v) is 6.44. The van der Waals surface area contributed by atoms with E-state index in [1.165, 1.54) is 15.9 Å². The maximum absolute atomic E-state index is 13.4. The summed E-state index contributed by atoms with van der Waals surface area (Å²) in [6.45, 7) is 3.71. The molecule has 8 heteroatoms. The standard InChI is InChI=1S/C23H19BrN2O4S/c1-3-30-22(29)19-13(2)25-23-26(20(19)14-8-10-16(24)11-9-14)21(28)18(31-23)12-15-6-4-5-7-17(15)27/h4-12,20,27H,3H2,1-2H3/b18-12-/t20-/m0/s1. The van der Waals surface area contributed by atoms with Gasteiger partial charge >= 0.3 is 5.97 Å². The number of fused-ring (bicyclic) bond motifs is 1. The molecule has 2 aromatic carbocycles. The van der Waals surface area contributed by atoms with Gasteiger partial charge in [0.25, 0.3) is 5.56 Å². The average Bonchev–Trinajstić information content (AvgIpc) is 3.04. The fourth-order valence-corrected chi connectivity index (χ4v) is 4.80. The first-order chi connectivity index (χ1) is 14.9. The van der Waals surface area contributed by atoms with Gasteiger partial charge in [0.2, 0.25) is 0 Å². The number of para-hydroxylation sites is 1. The number of thiazole rings is 1. The summed E-state index contributed by atoms with van der Waals surface area (Å²) in [6.07, 6.45) is 1.64. The predicted molar refractivity (Wildman–Crippen MR) is 123 cm³/mol. The third kappa shape index (κ3) is 4.00. The van der Waals surface area contributed by atoms with Crippen molar-refractivity contribution in [3.8, 4) is 5.75 Å². The van der Waals surface area contributed by atoms with E-state index in [1.807, 2.05) is 24.3 Å². The van der Waals surface area contributed by atoms with Crippen molar-refractivity contribution >= 4 is 39.3 Å². The molecule has 158 valence electrons. The second-order valence-electron chi connectivity index (χ2n) is 6.91. The molecular formula is C23H19BrN2O4S. The number of allylic oxidation sites excluding steroid dienone is 1. The molecule has 1 aromatic heterocycles. The Labute approximate surface area is 190 Å². The van der Waals surface area contributed by atoms with Crippen LogP contribution in [0, 0.1) is 0 Å². The van der Waals surface area contributed by atoms with Crippen LogP contribution < -0.4 is 14.9 Å². The van der Waals surface area contributed by atoms with Gasteiger partial charge in [-0.15, -0.1) is 0 Å². The Balaban J connectivity index is 1.97. The van der Waals surface area contributed by atoms with E-state index in [2.05, 4.69) is 20.9 Å². The summed E-state index contributed by atoms with van der Waals surface area (Å²) in [4.78, 5) is 31.3. The van der Waals surface area contributed by atoms with Crippen LogP contribution in [-0.4, -0.2) is 22.2 Å². The van der Waals surface area contributed by atoms with E-state index in [4.69, 9.17) is 4.74 Å². The highest BCUT2D eigenvalue weighted by molar-refractivity contribution is 9.10. The maximum Gasteiger partial charge on any atom is 0.338 e. The lowest BCUT2D eigenvalue weighted by atomic mass is 9.96. The number of nitrogens with zero attached hydrogens (tertiary/aromatic N) is 2. The molecule has 31 heavy (non-hydrogen) atoms. The largest absolute Gasteiger partial charge is 0.507 e. The van der Waals surface area contributed by atoms with E-state index in [-0.39, 0.29) is 17.9 Å². The van der Waals surface area contributed by atoms with Gasteiger partial charge in [0.1, 0.15) is 5.75 Å². The highest BCUT2D eigenvalue weighted by Gasteiger charge is 2.33. The third-order valence-electron chi connectivity index (χ3n) is 4.93. The number of phenolic OH excluding ortho intramolecular Hbond substituents is 1. The van der Waals surface area contributed by atoms with Gasteiger partial charge in [0.15, 0.2) is 4.80 Å². The van der Waals surface area contributed by atoms with Crippen LogP contribution >= 0.6 is 27.3 Å². The van der Waals surface area contributed by atoms with Gasteiger partial charge < -0.3 is 9.84 Å². The molecule has 0 radical (unpaired) electrons. The van der Waals surface area contributed by atoms with Crippen LogP contribution in [0.25, 0.3) is 6.08 Å². The predicted octanol–water partition coefficient (Wildman–Crippen LogP) is 3.27. The van der Waals surface area contributed by atoms with E-state index in [9.17, 15) is 14.7 Å². The minimum atomic E-state index is -0.657. The Morgan fingerprint density at radius 1 is 1.26 bits per heavy atom. The van der Waals surface area contributed by atoms with Gasteiger partial charge in [-0.05, 0) is 43.7 Å². The van der Waals surface area contributed by atoms with Crippen molar-refractivity contribution in [3.63, 3.8) is 0 Å². The van der Waals surface area contributed by atoms with Gasteiger partial charge in [0, 0.05) is 10.0 Å². The number of hydrogen-bond donors (Lipinski definition) is 1. The average molecular weight is 499 g/mol. The van der Waals surface area contributed by atoms with E-state index < -0.39 is 12.0 Å². The smallest absolute Gasteiger partial charge is 0.338 e. The first-order valence-corrected chi connectivity index (χ1v) is 11.2. The number of esters is 1. The minimum Gasteiger partial charge on any atom is -0.507 e. The van der Waals surface area contributed by atoms with Crippen LogP contribution in [0.5, 0.6) is 5.75 Å². The number of aromatic hydroxyl groups is 1. The molecule has 0 fully saturated rings. The second-order valence-corrected chi connectivity index (χ2v) is 8.84. The van der Waals surface area contributed by atoms with Crippen molar-refractivity contribution in [2.24, 2.45) is 4.99 Å². The summed E-state index contributed by atoms with van der Waals surface area (Å²) in [6, 6.07) is 13.6. The van der Waals surface area contributed by atoms with Gasteiger partial charge in [-0.3, -0.25) is 9.36 Å². The van der Waals surface area contributed by atoms with Crippen molar-refractivity contribution in [3.05, 3.63) is 95.1 Å². The van der Waals surface area contributed by atoms with Crippen LogP contribution in [0.1, 0.15) is 31.0 Å². The van der Waals surface area contributed by atoms with Gasteiger partial charge in [-0.25, -0.2) is 9.79 Å². The lowest BCUT2D eigenvalue weighted by Crippen LogP contribution is -2.39. The summed E-state index contributed by atoms with van der Waals surface area (Å²) in [5.41, 5.74) is 1.88. The van der Waals surface area contributed by atoms with Crippen LogP contribution in [0.2, 0.25) is 0 Å². The van der Waals surface area contributed by atoms with Crippen molar-refractivity contribution < 1.29 is 14.6 Å². The van der Waals surface area contributed by atoms with Crippen molar-refractivity contribution in [2.75, 3.05) is 6.61 Å². The van der Waals surface area contributed by atoms with Crippen LogP contribution in [0.3, 0.4) is 0 Å². The van der Waals surface area contributed by atoms with E-state index in [0.29, 0.717) is 26.2 Å². The first kappa shape index (κ1) is 21.3. The molecule has 3 aromatic rings. The fourth-order valence-electron chi connectivity index (χ4n) is 3.50. The molecule has 1 N–H and O–H groups in total. The van der Waals surface area contributed by atoms with E-state index >= 15 is 0 Å². The first-order valence-electron chi connectivity index (χ1n) is 9.64. The lowest BCUT2D eigenvalue weighted by molar-refractivity contribution is -0.139. The molecule has 0 bridgehead atoms. The summed E-state index contributed by atoms with van der Waals surface area (Å²) < 4.78 is 8.12. The summed E-state index contributed by atoms with van der Waals surface area (Å²) in [5, 5.41) is 10.1. The molecule has 1 aliphatic heterocycles. The molecule has 4 rings (SSSR count). The fraction of sp³-hybridized carbons (Fsp3) is 0.174. The monoisotopic (exact) mass is 498 g/mol. The molecule has 2 heterocycles. The Morgan fingerprint density at radius 3 is 2.65 bits per heavy atom. The molecule has 1 atom stereocenters. The molecule has 6 nitrogen and oxygen atoms in total. The number of phenols is 1. The number of benzene rings is 2. The van der Waals surface area contributed by atoms with E-state index in [1.54, 1.807) is 44.2 Å². The zero-order chi connectivity index (χ0) is 22.1. The number of carbonyl (C=O) groups is 1. The Hall–Kier alpha value is -2.97. The van der Waals surface area contributed by atoms with Crippen LogP contribution in [-0.2, 0) is 9.53 Å². The molecule has 0 unspecified atom stereocenters. The highest BCUT2D eigenvalue weighted by Crippen LogP contribution is 2.31. The number of aromatic nitrogens is 1. The summed E-state index contributed by atoms with van der Waals surface area (Å²) in [5.74, 6) is -0.409. The molecule has 0 amide bonds. The Morgan fingerprint density at radius 2 is 1.97 bits per heavy atom. The van der Waals surface area contributed by atoms with Gasteiger partial charge in [0.05, 0.1) is 28.5 Å². The van der Waals surface area contributed by atoms with Crippen molar-refractivity contribution in [1.82, 2.24) is 4.57 Å². The molecule has 0 spiro atoms. The zero-order valence-electron chi connectivity index (χ0n) is 16.8. The number of halogens is 1. The molecule has 0 saturated heterocycles. The van der Waals surface area contributed by atoms with Crippen molar-refractivity contribution in [2.45, 2.75) is 19.9 Å².